The van der Waals surface area contributed by atoms with Crippen LogP contribution in [-0.4, -0.2) is 68.8 Å². The zero-order valence-corrected chi connectivity index (χ0v) is 18.8. The molecule has 1 aliphatic carbocycles. The topological polar surface area (TPSA) is 96.0 Å². The van der Waals surface area contributed by atoms with Crippen molar-refractivity contribution in [3.8, 4) is 0 Å². The van der Waals surface area contributed by atoms with Crippen LogP contribution in [0.15, 0.2) is 53.4 Å². The van der Waals surface area contributed by atoms with E-state index >= 15 is 0 Å². The molecular weight excluding hydrogens is 430 g/mol. The van der Waals surface area contributed by atoms with Crippen LogP contribution >= 0.6 is 0 Å². The Hall–Kier alpha value is -2.75. The second-order valence-corrected chi connectivity index (χ2v) is 10.1. The molecule has 0 atom stereocenters. The normalized spacial score (nSPS) is 17.0. The first-order chi connectivity index (χ1) is 15.3. The summed E-state index contributed by atoms with van der Waals surface area (Å²) in [5, 5.41) is 2.95. The number of carbonyl (C=O) groups excluding carboxylic acids is 2. The third-order valence-electron chi connectivity index (χ3n) is 5.58. The van der Waals surface area contributed by atoms with Crippen LogP contribution in [0.3, 0.4) is 0 Å². The van der Waals surface area contributed by atoms with E-state index < -0.39 is 10.0 Å². The van der Waals surface area contributed by atoms with E-state index in [0.717, 1.165) is 18.4 Å². The van der Waals surface area contributed by atoms with Crippen molar-refractivity contribution in [2.24, 2.45) is 0 Å². The molecule has 0 unspecified atom stereocenters. The number of morpholine rings is 1. The summed E-state index contributed by atoms with van der Waals surface area (Å²) < 4.78 is 32.4. The fourth-order valence-corrected chi connectivity index (χ4v) is 5.00. The molecule has 2 aromatic carbocycles. The third kappa shape index (κ3) is 5.17. The number of hydrogen-bond donors (Lipinski definition) is 1. The van der Waals surface area contributed by atoms with Crippen molar-refractivity contribution in [3.05, 3.63) is 65.2 Å². The summed E-state index contributed by atoms with van der Waals surface area (Å²) in [6.07, 6.45) is 2.07. The molecule has 9 heteroatoms. The van der Waals surface area contributed by atoms with Crippen LogP contribution in [-0.2, 0) is 21.3 Å². The minimum absolute atomic E-state index is 0.0817. The fourth-order valence-electron chi connectivity index (χ4n) is 3.55. The summed E-state index contributed by atoms with van der Waals surface area (Å²) in [5.41, 5.74) is 1.78. The summed E-state index contributed by atoms with van der Waals surface area (Å²) in [6.45, 7) is 1.66. The molecule has 1 N–H and O–H groups in total. The van der Waals surface area contributed by atoms with E-state index in [1.165, 1.54) is 21.3 Å². The molecule has 0 bridgehead atoms. The first-order valence-corrected chi connectivity index (χ1v) is 12.1. The minimum Gasteiger partial charge on any atom is -0.379 e. The first kappa shape index (κ1) is 22.4. The van der Waals surface area contributed by atoms with Gasteiger partial charge in [-0.3, -0.25) is 9.59 Å². The summed E-state index contributed by atoms with van der Waals surface area (Å²) in [5.74, 6) is -0.360. The van der Waals surface area contributed by atoms with Gasteiger partial charge in [-0.15, -0.1) is 0 Å². The van der Waals surface area contributed by atoms with Gasteiger partial charge in [-0.2, -0.15) is 4.31 Å². The smallest absolute Gasteiger partial charge is 0.253 e. The average molecular weight is 458 g/mol. The number of carbonyl (C=O) groups is 2. The van der Waals surface area contributed by atoms with Gasteiger partial charge in [-0.1, -0.05) is 18.2 Å². The lowest BCUT2D eigenvalue weighted by Crippen LogP contribution is -2.40. The lowest BCUT2D eigenvalue weighted by Gasteiger charge is -2.26. The van der Waals surface area contributed by atoms with Crippen LogP contribution in [0.2, 0.25) is 0 Å². The second-order valence-electron chi connectivity index (χ2n) is 8.15. The average Bonchev–Trinajstić information content (AvgIpc) is 3.63. The van der Waals surface area contributed by atoms with E-state index in [-0.39, 0.29) is 16.7 Å². The Kier molecular flexibility index (Phi) is 6.59. The van der Waals surface area contributed by atoms with Crippen molar-refractivity contribution < 1.29 is 22.7 Å². The van der Waals surface area contributed by atoms with Gasteiger partial charge in [-0.05, 0) is 48.7 Å². The molecule has 1 aliphatic heterocycles. The molecule has 1 saturated carbocycles. The Morgan fingerprint density at radius 3 is 2.41 bits per heavy atom. The van der Waals surface area contributed by atoms with Crippen LogP contribution in [0, 0.1) is 0 Å². The molecule has 1 saturated heterocycles. The van der Waals surface area contributed by atoms with Crippen molar-refractivity contribution in [3.63, 3.8) is 0 Å². The number of nitrogens with one attached hydrogen (secondary N) is 1. The molecule has 2 amide bonds. The number of nitrogens with zero attached hydrogens (tertiary/aromatic N) is 2. The maximum Gasteiger partial charge on any atom is 0.253 e. The molecule has 0 aromatic heterocycles. The summed E-state index contributed by atoms with van der Waals surface area (Å²) in [6, 6.07) is 13.6. The molecule has 2 fully saturated rings. The van der Waals surface area contributed by atoms with Gasteiger partial charge in [0.2, 0.25) is 10.0 Å². The number of ether oxygens (including phenoxy) is 1. The molecule has 170 valence electrons. The van der Waals surface area contributed by atoms with Crippen LogP contribution in [0.25, 0.3) is 0 Å². The Balaban J connectivity index is 1.42. The number of hydrogen-bond acceptors (Lipinski definition) is 5. The van der Waals surface area contributed by atoms with Crippen LogP contribution in [0.5, 0.6) is 0 Å². The third-order valence-corrected chi connectivity index (χ3v) is 7.48. The molecule has 32 heavy (non-hydrogen) atoms. The Labute approximate surface area is 188 Å². The molecule has 1 heterocycles. The molecule has 8 nitrogen and oxygen atoms in total. The predicted molar refractivity (Wildman–Crippen MR) is 119 cm³/mol. The highest BCUT2D eigenvalue weighted by Crippen LogP contribution is 2.21. The molecular formula is C23H27N3O5S. The van der Waals surface area contributed by atoms with Gasteiger partial charge in [0.1, 0.15) is 0 Å². The lowest BCUT2D eigenvalue weighted by atomic mass is 10.1. The van der Waals surface area contributed by atoms with Crippen LogP contribution in [0.4, 0.5) is 0 Å². The van der Waals surface area contributed by atoms with Gasteiger partial charge >= 0.3 is 0 Å². The quantitative estimate of drug-likeness (QED) is 0.685. The highest BCUT2D eigenvalue weighted by atomic mass is 32.2. The number of amides is 2. The van der Waals surface area contributed by atoms with Crippen molar-refractivity contribution in [1.29, 1.82) is 0 Å². The van der Waals surface area contributed by atoms with Crippen molar-refractivity contribution >= 4 is 21.8 Å². The van der Waals surface area contributed by atoms with Gasteiger partial charge in [0, 0.05) is 43.9 Å². The van der Waals surface area contributed by atoms with E-state index in [4.69, 9.17) is 4.74 Å². The van der Waals surface area contributed by atoms with E-state index in [1.54, 1.807) is 31.3 Å². The monoisotopic (exact) mass is 457 g/mol. The van der Waals surface area contributed by atoms with Crippen LogP contribution in [0.1, 0.15) is 39.1 Å². The van der Waals surface area contributed by atoms with Gasteiger partial charge in [0.15, 0.2) is 0 Å². The maximum atomic E-state index is 12.9. The fraction of sp³-hybridized carbons (Fsp3) is 0.391. The van der Waals surface area contributed by atoms with Gasteiger partial charge in [-0.25, -0.2) is 8.42 Å². The zero-order chi connectivity index (χ0) is 22.7. The van der Waals surface area contributed by atoms with Crippen molar-refractivity contribution in [2.75, 3.05) is 33.4 Å². The Morgan fingerprint density at radius 2 is 1.75 bits per heavy atom. The molecule has 0 radical (unpaired) electrons. The standard InChI is InChI=1S/C23H27N3O5S/c1-25(16-17-5-7-18(8-6-17)22(27)24-20-9-10-20)23(28)19-3-2-4-21(15-19)32(29,30)26-11-13-31-14-12-26/h2-8,15,20H,9-14,16H2,1H3,(H,24,27). The highest BCUT2D eigenvalue weighted by molar-refractivity contribution is 7.89. The summed E-state index contributed by atoms with van der Waals surface area (Å²) >= 11 is 0. The van der Waals surface area contributed by atoms with Crippen molar-refractivity contribution in [1.82, 2.24) is 14.5 Å². The minimum atomic E-state index is -3.68. The first-order valence-electron chi connectivity index (χ1n) is 10.7. The van der Waals surface area contributed by atoms with E-state index in [1.807, 2.05) is 12.1 Å². The van der Waals surface area contributed by atoms with Gasteiger partial charge in [0.05, 0.1) is 18.1 Å². The van der Waals surface area contributed by atoms with E-state index in [9.17, 15) is 18.0 Å². The Bertz CT molecular complexity index is 1090. The Morgan fingerprint density at radius 1 is 1.06 bits per heavy atom. The van der Waals surface area contributed by atoms with Gasteiger partial charge < -0.3 is 15.0 Å². The molecule has 2 aliphatic rings. The number of rotatable bonds is 7. The second kappa shape index (κ2) is 9.40. The molecule has 2 aromatic rings. The predicted octanol–water partition coefficient (Wildman–Crippen LogP) is 1.87. The summed E-state index contributed by atoms with van der Waals surface area (Å²) in [4.78, 5) is 26.7. The zero-order valence-electron chi connectivity index (χ0n) is 18.0. The van der Waals surface area contributed by atoms with E-state index in [2.05, 4.69) is 5.32 Å². The van der Waals surface area contributed by atoms with Crippen molar-refractivity contribution in [2.45, 2.75) is 30.3 Å². The maximum absolute atomic E-state index is 12.9. The molecule has 4 rings (SSSR count). The molecule has 0 spiro atoms. The van der Waals surface area contributed by atoms with Gasteiger partial charge in [0.25, 0.3) is 11.8 Å². The number of benzene rings is 2. The van der Waals surface area contributed by atoms with E-state index in [0.29, 0.717) is 50.0 Å². The largest absolute Gasteiger partial charge is 0.379 e. The highest BCUT2D eigenvalue weighted by Gasteiger charge is 2.27. The SMILES string of the molecule is CN(Cc1ccc(C(=O)NC2CC2)cc1)C(=O)c1cccc(S(=O)(=O)N2CCOCC2)c1. The lowest BCUT2D eigenvalue weighted by molar-refractivity contribution is 0.0730. The van der Waals surface area contributed by atoms with Crippen LogP contribution < -0.4 is 5.32 Å². The summed E-state index contributed by atoms with van der Waals surface area (Å²) in [7, 11) is -2.01. The number of sulfonamides is 1.